The highest BCUT2D eigenvalue weighted by Gasteiger charge is 2.07. The van der Waals surface area contributed by atoms with Crippen LogP contribution < -0.4 is 5.32 Å². The summed E-state index contributed by atoms with van der Waals surface area (Å²) in [5.41, 5.74) is 1.13. The van der Waals surface area contributed by atoms with Gasteiger partial charge in [0.1, 0.15) is 0 Å². The molecule has 0 fully saturated rings. The van der Waals surface area contributed by atoms with Gasteiger partial charge in [0.25, 0.3) is 0 Å². The van der Waals surface area contributed by atoms with Gasteiger partial charge < -0.3 is 15.2 Å². The number of hydrogen-bond donors (Lipinski definition) is 2. The van der Waals surface area contributed by atoms with Crippen molar-refractivity contribution in [1.82, 2.24) is 5.32 Å². The average molecular weight is 237 g/mol. The zero-order valence-electron chi connectivity index (χ0n) is 10.1. The molecular formula is C13H19NO3. The van der Waals surface area contributed by atoms with Gasteiger partial charge in [-0.2, -0.15) is 0 Å². The Bertz CT molecular complexity index is 327. The van der Waals surface area contributed by atoms with Gasteiger partial charge in [0.05, 0.1) is 19.3 Å². The van der Waals surface area contributed by atoms with Crippen molar-refractivity contribution in [1.29, 1.82) is 0 Å². The smallest absolute Gasteiger partial charge is 0.317 e. The summed E-state index contributed by atoms with van der Waals surface area (Å²) in [4.78, 5) is 10.3. The van der Waals surface area contributed by atoms with Crippen LogP contribution in [0.1, 0.15) is 18.9 Å². The molecule has 0 aromatic heterocycles. The van der Waals surface area contributed by atoms with Crippen LogP contribution in [0, 0.1) is 0 Å². The third-order valence-corrected chi connectivity index (χ3v) is 2.43. The van der Waals surface area contributed by atoms with Gasteiger partial charge in [-0.3, -0.25) is 4.79 Å². The number of nitrogens with one attached hydrogen (secondary N) is 1. The van der Waals surface area contributed by atoms with E-state index in [0.717, 1.165) is 12.0 Å². The van der Waals surface area contributed by atoms with Crippen LogP contribution in [0.4, 0.5) is 0 Å². The van der Waals surface area contributed by atoms with E-state index < -0.39 is 5.97 Å². The van der Waals surface area contributed by atoms with Crippen molar-refractivity contribution in [2.24, 2.45) is 0 Å². The summed E-state index contributed by atoms with van der Waals surface area (Å²) in [6.07, 6.45) is 0.911. The van der Waals surface area contributed by atoms with Crippen molar-refractivity contribution < 1.29 is 14.6 Å². The van der Waals surface area contributed by atoms with Crippen molar-refractivity contribution in [2.75, 3.05) is 13.1 Å². The molecule has 0 saturated heterocycles. The normalized spacial score (nSPS) is 12.3. The minimum atomic E-state index is -0.845. The summed E-state index contributed by atoms with van der Waals surface area (Å²) >= 11 is 0. The third-order valence-electron chi connectivity index (χ3n) is 2.43. The number of hydrogen-bond acceptors (Lipinski definition) is 3. The van der Waals surface area contributed by atoms with Crippen LogP contribution >= 0.6 is 0 Å². The van der Waals surface area contributed by atoms with Gasteiger partial charge in [-0.05, 0) is 12.0 Å². The van der Waals surface area contributed by atoms with Crippen molar-refractivity contribution in [2.45, 2.75) is 26.1 Å². The number of carboxylic acids is 1. The topological polar surface area (TPSA) is 58.6 Å². The van der Waals surface area contributed by atoms with Crippen LogP contribution in [0.25, 0.3) is 0 Å². The third kappa shape index (κ3) is 6.04. The fraction of sp³-hybridized carbons (Fsp3) is 0.462. The minimum Gasteiger partial charge on any atom is -0.480 e. The molecule has 1 rings (SSSR count). The first-order chi connectivity index (χ1) is 8.22. The second-order valence-electron chi connectivity index (χ2n) is 3.85. The van der Waals surface area contributed by atoms with Crippen molar-refractivity contribution >= 4 is 5.97 Å². The SMILES string of the molecule is CC[C@H](CNCC(=O)O)OCc1ccccc1. The maximum Gasteiger partial charge on any atom is 0.317 e. The van der Waals surface area contributed by atoms with Gasteiger partial charge >= 0.3 is 5.97 Å². The van der Waals surface area contributed by atoms with E-state index in [0.29, 0.717) is 13.2 Å². The van der Waals surface area contributed by atoms with E-state index in [1.54, 1.807) is 0 Å². The quantitative estimate of drug-likeness (QED) is 0.722. The first-order valence-electron chi connectivity index (χ1n) is 5.80. The van der Waals surface area contributed by atoms with Crippen LogP contribution in [0.2, 0.25) is 0 Å². The van der Waals surface area contributed by atoms with E-state index in [4.69, 9.17) is 9.84 Å². The molecule has 0 saturated carbocycles. The highest BCUT2D eigenvalue weighted by Crippen LogP contribution is 2.05. The molecule has 1 atom stereocenters. The Kier molecular flexibility index (Phi) is 6.29. The summed E-state index contributed by atoms with van der Waals surface area (Å²) < 4.78 is 5.70. The molecule has 0 aliphatic rings. The van der Waals surface area contributed by atoms with E-state index in [1.165, 1.54) is 0 Å². The summed E-state index contributed by atoms with van der Waals surface area (Å²) in [6, 6.07) is 9.94. The summed E-state index contributed by atoms with van der Waals surface area (Å²) in [5, 5.41) is 11.4. The number of carbonyl (C=O) groups is 1. The van der Waals surface area contributed by atoms with Gasteiger partial charge in [-0.25, -0.2) is 0 Å². The van der Waals surface area contributed by atoms with Crippen LogP contribution in [0.15, 0.2) is 30.3 Å². The predicted octanol–water partition coefficient (Wildman–Crippen LogP) is 1.66. The average Bonchev–Trinajstić information content (AvgIpc) is 2.34. The second kappa shape index (κ2) is 7.81. The van der Waals surface area contributed by atoms with Gasteiger partial charge in [0.2, 0.25) is 0 Å². The lowest BCUT2D eigenvalue weighted by atomic mass is 10.2. The molecule has 17 heavy (non-hydrogen) atoms. The first kappa shape index (κ1) is 13.7. The minimum absolute atomic E-state index is 0.0226. The highest BCUT2D eigenvalue weighted by molar-refractivity contribution is 5.68. The Hall–Kier alpha value is -1.39. The molecule has 2 N–H and O–H groups in total. The zero-order chi connectivity index (χ0) is 12.5. The van der Waals surface area contributed by atoms with Crippen LogP contribution in [0.5, 0.6) is 0 Å². The highest BCUT2D eigenvalue weighted by atomic mass is 16.5. The molecule has 0 amide bonds. The Morgan fingerprint density at radius 2 is 2.12 bits per heavy atom. The Morgan fingerprint density at radius 3 is 2.71 bits per heavy atom. The Labute approximate surface area is 102 Å². The lowest BCUT2D eigenvalue weighted by molar-refractivity contribution is -0.136. The number of aliphatic carboxylic acids is 1. The van der Waals surface area contributed by atoms with Crippen molar-refractivity contribution in [3.63, 3.8) is 0 Å². The lowest BCUT2D eigenvalue weighted by Crippen LogP contribution is -2.32. The molecule has 0 aliphatic carbocycles. The summed E-state index contributed by atoms with van der Waals surface area (Å²) in [7, 11) is 0. The van der Waals surface area contributed by atoms with Crippen LogP contribution in [-0.2, 0) is 16.1 Å². The second-order valence-corrected chi connectivity index (χ2v) is 3.85. The van der Waals surface area contributed by atoms with Crippen molar-refractivity contribution in [3.05, 3.63) is 35.9 Å². The molecule has 0 bridgehead atoms. The molecule has 4 heteroatoms. The van der Waals surface area contributed by atoms with E-state index in [-0.39, 0.29) is 12.6 Å². The van der Waals surface area contributed by atoms with E-state index >= 15 is 0 Å². The predicted molar refractivity (Wildman–Crippen MR) is 65.8 cm³/mol. The molecule has 94 valence electrons. The summed E-state index contributed by atoms with van der Waals surface area (Å²) in [5.74, 6) is -0.845. The van der Waals surface area contributed by atoms with Gasteiger partial charge in [0, 0.05) is 6.54 Å². The first-order valence-corrected chi connectivity index (χ1v) is 5.80. The maximum atomic E-state index is 10.3. The van der Waals surface area contributed by atoms with Crippen LogP contribution in [-0.4, -0.2) is 30.3 Å². The molecule has 0 radical (unpaired) electrons. The molecule has 1 aromatic carbocycles. The van der Waals surface area contributed by atoms with Crippen LogP contribution in [0.3, 0.4) is 0 Å². The number of ether oxygens (including phenoxy) is 1. The number of benzene rings is 1. The molecular weight excluding hydrogens is 218 g/mol. The van der Waals surface area contributed by atoms with E-state index in [2.05, 4.69) is 5.32 Å². The van der Waals surface area contributed by atoms with Gasteiger partial charge in [-0.1, -0.05) is 37.3 Å². The molecule has 0 aliphatic heterocycles. The molecule has 4 nitrogen and oxygen atoms in total. The number of rotatable bonds is 8. The molecule has 0 heterocycles. The Morgan fingerprint density at radius 1 is 1.41 bits per heavy atom. The summed E-state index contributed by atoms with van der Waals surface area (Å²) in [6.45, 7) is 3.13. The Balaban J connectivity index is 2.25. The van der Waals surface area contributed by atoms with E-state index in [9.17, 15) is 4.79 Å². The van der Waals surface area contributed by atoms with Crippen molar-refractivity contribution in [3.8, 4) is 0 Å². The van der Waals surface area contributed by atoms with E-state index in [1.807, 2.05) is 37.3 Å². The fourth-order valence-corrected chi connectivity index (χ4v) is 1.45. The van der Waals surface area contributed by atoms with Gasteiger partial charge in [0.15, 0.2) is 0 Å². The zero-order valence-corrected chi connectivity index (χ0v) is 10.1. The lowest BCUT2D eigenvalue weighted by Gasteiger charge is -2.16. The monoisotopic (exact) mass is 237 g/mol. The number of carboxylic acid groups (broad SMARTS) is 1. The standard InChI is InChI=1S/C13H19NO3/c1-2-12(8-14-9-13(15)16)17-10-11-6-4-3-5-7-11/h3-7,12,14H,2,8-10H2,1H3,(H,15,16)/t12-/m1/s1. The maximum absolute atomic E-state index is 10.3. The largest absolute Gasteiger partial charge is 0.480 e. The molecule has 0 unspecified atom stereocenters. The molecule has 0 spiro atoms. The molecule has 1 aromatic rings. The fourth-order valence-electron chi connectivity index (χ4n) is 1.45. The van der Waals surface area contributed by atoms with Gasteiger partial charge in [-0.15, -0.1) is 0 Å².